The summed E-state index contributed by atoms with van der Waals surface area (Å²) in [6, 6.07) is 8.53. The molecule has 0 aliphatic carbocycles. The molecule has 0 saturated carbocycles. The van der Waals surface area contributed by atoms with Crippen molar-refractivity contribution in [3.63, 3.8) is 0 Å². The van der Waals surface area contributed by atoms with Crippen LogP contribution in [0.15, 0.2) is 30.5 Å². The van der Waals surface area contributed by atoms with Crippen LogP contribution in [0.5, 0.6) is 0 Å². The van der Waals surface area contributed by atoms with E-state index in [4.69, 9.17) is 0 Å². The Morgan fingerprint density at radius 3 is 2.12 bits per heavy atom. The minimum absolute atomic E-state index is 1.25. The number of fused-ring (bicyclic) bond motifs is 1. The molecular formula is C15H25N. The SMILES string of the molecule is CC.CCC.Cc1cccc2c1ccn2C. The molecule has 0 atom stereocenters. The summed E-state index contributed by atoms with van der Waals surface area (Å²) in [4.78, 5) is 0. The minimum Gasteiger partial charge on any atom is -0.351 e. The van der Waals surface area contributed by atoms with Gasteiger partial charge in [0.25, 0.3) is 0 Å². The van der Waals surface area contributed by atoms with E-state index in [0.29, 0.717) is 0 Å². The Balaban J connectivity index is 0.000000394. The molecule has 16 heavy (non-hydrogen) atoms. The van der Waals surface area contributed by atoms with E-state index in [-0.39, 0.29) is 0 Å². The van der Waals surface area contributed by atoms with Crippen LogP contribution in [0.1, 0.15) is 39.7 Å². The minimum atomic E-state index is 1.25. The second-order valence-corrected chi connectivity index (χ2v) is 3.64. The van der Waals surface area contributed by atoms with Gasteiger partial charge >= 0.3 is 0 Å². The second-order valence-electron chi connectivity index (χ2n) is 3.64. The molecule has 0 amide bonds. The van der Waals surface area contributed by atoms with Crippen LogP contribution < -0.4 is 0 Å². The van der Waals surface area contributed by atoms with Gasteiger partial charge in [-0.05, 0) is 24.6 Å². The molecular weight excluding hydrogens is 194 g/mol. The van der Waals surface area contributed by atoms with Crippen LogP contribution in [-0.2, 0) is 7.05 Å². The topological polar surface area (TPSA) is 4.93 Å². The van der Waals surface area contributed by atoms with Gasteiger partial charge in [0.2, 0.25) is 0 Å². The van der Waals surface area contributed by atoms with Crippen LogP contribution in [0.2, 0.25) is 0 Å². The number of hydrogen-bond donors (Lipinski definition) is 0. The highest BCUT2D eigenvalue weighted by Gasteiger charge is 1.97. The number of aromatic nitrogens is 1. The molecule has 1 nitrogen and oxygen atoms in total. The van der Waals surface area contributed by atoms with Crippen molar-refractivity contribution < 1.29 is 0 Å². The van der Waals surface area contributed by atoms with Gasteiger partial charge in [-0.1, -0.05) is 46.2 Å². The van der Waals surface area contributed by atoms with Crippen LogP contribution in [0, 0.1) is 6.92 Å². The lowest BCUT2D eigenvalue weighted by Crippen LogP contribution is -1.83. The van der Waals surface area contributed by atoms with E-state index < -0.39 is 0 Å². The Kier molecular flexibility index (Phi) is 7.36. The molecule has 2 rings (SSSR count). The lowest BCUT2D eigenvalue weighted by molar-refractivity contribution is 0.969. The average Bonchev–Trinajstić information content (AvgIpc) is 2.66. The molecule has 1 aromatic heterocycles. The highest BCUT2D eigenvalue weighted by atomic mass is 14.9. The fraction of sp³-hybridized carbons (Fsp3) is 0.467. The van der Waals surface area contributed by atoms with E-state index in [1.54, 1.807) is 0 Å². The Morgan fingerprint density at radius 1 is 1.06 bits per heavy atom. The molecule has 1 aromatic carbocycles. The molecule has 0 spiro atoms. The number of aryl methyl sites for hydroxylation is 2. The molecule has 0 aliphatic rings. The fourth-order valence-electron chi connectivity index (χ4n) is 1.46. The summed E-state index contributed by atoms with van der Waals surface area (Å²) < 4.78 is 2.14. The molecule has 0 unspecified atom stereocenters. The molecule has 0 N–H and O–H groups in total. The molecule has 0 saturated heterocycles. The van der Waals surface area contributed by atoms with Crippen molar-refractivity contribution in [3.8, 4) is 0 Å². The van der Waals surface area contributed by atoms with Crippen LogP contribution in [0.25, 0.3) is 10.9 Å². The van der Waals surface area contributed by atoms with Crippen LogP contribution >= 0.6 is 0 Å². The highest BCUT2D eigenvalue weighted by molar-refractivity contribution is 5.83. The average molecular weight is 219 g/mol. The van der Waals surface area contributed by atoms with Crippen molar-refractivity contribution in [1.29, 1.82) is 0 Å². The molecule has 0 fully saturated rings. The fourth-order valence-corrected chi connectivity index (χ4v) is 1.46. The standard InChI is InChI=1S/C10H11N.C3H8.C2H6/c1-8-4-3-5-10-9(8)6-7-11(10)2;1-3-2;1-2/h3-7H,1-2H3;3H2,1-2H3;1-2H3. The quantitative estimate of drug-likeness (QED) is 0.592. The Labute approximate surface area is 100 Å². The summed E-state index contributed by atoms with van der Waals surface area (Å²) in [7, 11) is 2.07. The van der Waals surface area contributed by atoms with Crippen LogP contribution in [0.4, 0.5) is 0 Å². The third kappa shape index (κ3) is 3.73. The lowest BCUT2D eigenvalue weighted by atomic mass is 10.1. The molecule has 2 aromatic rings. The summed E-state index contributed by atoms with van der Waals surface area (Å²) in [6.45, 7) is 10.4. The van der Waals surface area contributed by atoms with Gasteiger partial charge < -0.3 is 4.57 Å². The zero-order chi connectivity index (χ0) is 12.6. The Hall–Kier alpha value is -1.24. The first kappa shape index (κ1) is 14.8. The summed E-state index contributed by atoms with van der Waals surface area (Å²) in [6.07, 6.45) is 3.34. The van der Waals surface area contributed by atoms with Crippen molar-refractivity contribution in [2.75, 3.05) is 0 Å². The zero-order valence-electron chi connectivity index (χ0n) is 11.5. The van der Waals surface area contributed by atoms with Gasteiger partial charge in [-0.15, -0.1) is 0 Å². The van der Waals surface area contributed by atoms with Gasteiger partial charge in [-0.25, -0.2) is 0 Å². The van der Waals surface area contributed by atoms with E-state index in [0.717, 1.165) is 0 Å². The van der Waals surface area contributed by atoms with Crippen molar-refractivity contribution in [2.45, 2.75) is 41.0 Å². The van der Waals surface area contributed by atoms with Gasteiger partial charge in [0.1, 0.15) is 0 Å². The van der Waals surface area contributed by atoms with E-state index in [1.165, 1.54) is 22.9 Å². The summed E-state index contributed by atoms with van der Waals surface area (Å²) in [5.74, 6) is 0. The molecule has 0 radical (unpaired) electrons. The maximum atomic E-state index is 2.16. The van der Waals surface area contributed by atoms with Gasteiger partial charge in [0, 0.05) is 24.1 Å². The first-order valence-electron chi connectivity index (χ1n) is 6.21. The number of benzene rings is 1. The van der Waals surface area contributed by atoms with E-state index in [1.807, 2.05) is 13.8 Å². The van der Waals surface area contributed by atoms with Gasteiger partial charge in [0.05, 0.1) is 0 Å². The molecule has 0 bridgehead atoms. The molecule has 90 valence electrons. The first-order valence-corrected chi connectivity index (χ1v) is 6.21. The summed E-state index contributed by atoms with van der Waals surface area (Å²) >= 11 is 0. The maximum absolute atomic E-state index is 2.16. The summed E-state index contributed by atoms with van der Waals surface area (Å²) in [5.41, 5.74) is 2.66. The Morgan fingerprint density at radius 2 is 1.62 bits per heavy atom. The Bertz CT molecular complexity index is 399. The first-order chi connectivity index (χ1) is 7.70. The largest absolute Gasteiger partial charge is 0.351 e. The number of rotatable bonds is 0. The van der Waals surface area contributed by atoms with Crippen molar-refractivity contribution in [1.82, 2.24) is 4.57 Å². The van der Waals surface area contributed by atoms with Crippen LogP contribution in [0.3, 0.4) is 0 Å². The van der Waals surface area contributed by atoms with Gasteiger partial charge in [-0.3, -0.25) is 0 Å². The number of nitrogens with zero attached hydrogens (tertiary/aromatic N) is 1. The third-order valence-electron chi connectivity index (χ3n) is 2.15. The normalized spacial score (nSPS) is 8.88. The molecule has 0 aliphatic heterocycles. The van der Waals surface area contributed by atoms with E-state index in [9.17, 15) is 0 Å². The zero-order valence-corrected chi connectivity index (χ0v) is 11.5. The van der Waals surface area contributed by atoms with Crippen LogP contribution in [-0.4, -0.2) is 4.57 Å². The summed E-state index contributed by atoms with van der Waals surface area (Å²) in [5, 5.41) is 1.36. The number of hydrogen-bond acceptors (Lipinski definition) is 0. The van der Waals surface area contributed by atoms with Gasteiger partial charge in [0.15, 0.2) is 0 Å². The van der Waals surface area contributed by atoms with Gasteiger partial charge in [-0.2, -0.15) is 0 Å². The predicted octanol–water partition coefficient (Wildman–Crippen LogP) is 4.93. The molecule has 1 heteroatoms. The second kappa shape index (κ2) is 7.98. The monoisotopic (exact) mass is 219 g/mol. The van der Waals surface area contributed by atoms with Crippen molar-refractivity contribution in [2.24, 2.45) is 7.05 Å². The molecule has 1 heterocycles. The van der Waals surface area contributed by atoms with Crippen molar-refractivity contribution in [3.05, 3.63) is 36.0 Å². The smallest absolute Gasteiger partial charge is 0.0480 e. The predicted molar refractivity (Wildman–Crippen MR) is 75.0 cm³/mol. The third-order valence-corrected chi connectivity index (χ3v) is 2.15. The van der Waals surface area contributed by atoms with E-state index in [2.05, 4.69) is 62.8 Å². The highest BCUT2D eigenvalue weighted by Crippen LogP contribution is 2.17. The maximum Gasteiger partial charge on any atom is 0.0480 e. The van der Waals surface area contributed by atoms with E-state index >= 15 is 0 Å². The van der Waals surface area contributed by atoms with Crippen molar-refractivity contribution >= 4 is 10.9 Å². The lowest BCUT2D eigenvalue weighted by Gasteiger charge is -1.96.